The number of nitrogens with zero attached hydrogens (tertiary/aromatic N) is 2. The molecule has 0 saturated heterocycles. The van der Waals surface area contributed by atoms with E-state index in [1.807, 2.05) is 6.26 Å². The molecule has 1 heterocycles. The van der Waals surface area contributed by atoms with Crippen LogP contribution in [0.3, 0.4) is 0 Å². The second-order valence-electron chi connectivity index (χ2n) is 3.66. The molecule has 0 aliphatic rings. The molecule has 6 heteroatoms. The Morgan fingerprint density at radius 2 is 2.39 bits per heavy atom. The van der Waals surface area contributed by atoms with E-state index in [0.29, 0.717) is 24.2 Å². The van der Waals surface area contributed by atoms with E-state index in [4.69, 9.17) is 9.84 Å². The molecule has 5 nitrogen and oxygen atoms in total. The number of carbonyl (C=O) groups is 1. The summed E-state index contributed by atoms with van der Waals surface area (Å²) in [7, 11) is 0. The van der Waals surface area contributed by atoms with Gasteiger partial charge in [-0.3, -0.25) is 4.57 Å². The molecule has 1 aromatic heterocycles. The maximum Gasteiger partial charge on any atom is 0.356 e. The van der Waals surface area contributed by atoms with Crippen LogP contribution >= 0.6 is 11.8 Å². The molecule has 0 aromatic carbocycles. The molecule has 1 rings (SSSR count). The van der Waals surface area contributed by atoms with E-state index in [1.54, 1.807) is 4.57 Å². The van der Waals surface area contributed by atoms with Crippen LogP contribution < -0.4 is 0 Å². The highest BCUT2D eigenvalue weighted by Gasteiger charge is 2.19. The molecule has 0 fully saturated rings. The molecule has 0 spiro atoms. The summed E-state index contributed by atoms with van der Waals surface area (Å²) in [4.78, 5) is 15.1. The first-order valence-electron chi connectivity index (χ1n) is 5.73. The average Bonchev–Trinajstić information content (AvgIpc) is 2.72. The number of carboxylic acids is 1. The third-order valence-corrected chi connectivity index (χ3v) is 3.09. The van der Waals surface area contributed by atoms with E-state index in [-0.39, 0.29) is 5.69 Å². The first-order chi connectivity index (χ1) is 8.65. The summed E-state index contributed by atoms with van der Waals surface area (Å²) >= 11 is 1.39. The lowest BCUT2D eigenvalue weighted by atomic mass is 10.3. The molecule has 0 radical (unpaired) electrons. The van der Waals surface area contributed by atoms with Crippen molar-refractivity contribution in [3.8, 4) is 0 Å². The number of ether oxygens (including phenoxy) is 1. The van der Waals surface area contributed by atoms with Gasteiger partial charge in [0.1, 0.15) is 6.73 Å². The molecule has 0 amide bonds. The maximum absolute atomic E-state index is 11.1. The quantitative estimate of drug-likeness (QED) is 0.581. The molecule has 18 heavy (non-hydrogen) atoms. The van der Waals surface area contributed by atoms with Gasteiger partial charge in [-0.1, -0.05) is 31.7 Å². The first kappa shape index (κ1) is 14.8. The fourth-order valence-electron chi connectivity index (χ4n) is 1.49. The molecule has 0 atom stereocenters. The molecule has 0 unspecified atom stereocenters. The fourth-order valence-corrected chi connectivity index (χ4v) is 2.05. The zero-order chi connectivity index (χ0) is 13.5. The Kier molecular flexibility index (Phi) is 5.94. The second kappa shape index (κ2) is 7.23. The zero-order valence-corrected chi connectivity index (χ0v) is 11.5. The smallest absolute Gasteiger partial charge is 0.356 e. The predicted molar refractivity (Wildman–Crippen MR) is 71.9 cm³/mol. The van der Waals surface area contributed by atoms with E-state index >= 15 is 0 Å². The minimum Gasteiger partial charge on any atom is -0.476 e. The largest absolute Gasteiger partial charge is 0.476 e. The second-order valence-corrected chi connectivity index (χ2v) is 4.43. The Morgan fingerprint density at radius 3 is 2.89 bits per heavy atom. The third-order valence-electron chi connectivity index (χ3n) is 2.41. The van der Waals surface area contributed by atoms with Crippen LogP contribution in [-0.2, 0) is 11.5 Å². The van der Waals surface area contributed by atoms with Crippen molar-refractivity contribution in [3.05, 3.63) is 18.0 Å². The Hall–Kier alpha value is -1.27. The van der Waals surface area contributed by atoms with Crippen molar-refractivity contribution in [2.45, 2.75) is 31.7 Å². The van der Waals surface area contributed by atoms with Crippen molar-refractivity contribution in [1.29, 1.82) is 0 Å². The topological polar surface area (TPSA) is 64.3 Å². The normalized spacial score (nSPS) is 10.6. The Morgan fingerprint density at radius 1 is 1.67 bits per heavy atom. The summed E-state index contributed by atoms with van der Waals surface area (Å²) in [6.45, 7) is 6.68. The van der Waals surface area contributed by atoms with Crippen molar-refractivity contribution in [3.63, 3.8) is 0 Å². The highest BCUT2D eigenvalue weighted by Crippen LogP contribution is 2.21. The molecular weight excluding hydrogens is 252 g/mol. The van der Waals surface area contributed by atoms with Gasteiger partial charge in [0.15, 0.2) is 10.9 Å². The number of carboxylic acid groups (broad SMARTS) is 1. The van der Waals surface area contributed by atoms with Crippen LogP contribution in [0.5, 0.6) is 0 Å². The van der Waals surface area contributed by atoms with Crippen LogP contribution in [0.25, 0.3) is 6.08 Å². The minimum absolute atomic E-state index is 0.0217. The zero-order valence-electron chi connectivity index (χ0n) is 10.7. The van der Waals surface area contributed by atoms with Gasteiger partial charge in [-0.25, -0.2) is 9.78 Å². The van der Waals surface area contributed by atoms with Gasteiger partial charge >= 0.3 is 5.97 Å². The van der Waals surface area contributed by atoms with Gasteiger partial charge in [-0.05, 0) is 18.8 Å². The number of imidazole rings is 1. The summed E-state index contributed by atoms with van der Waals surface area (Å²) < 4.78 is 7.24. The number of hydrogen-bond acceptors (Lipinski definition) is 4. The van der Waals surface area contributed by atoms with Crippen molar-refractivity contribution < 1.29 is 14.6 Å². The number of hydrogen-bond donors (Lipinski definition) is 1. The summed E-state index contributed by atoms with van der Waals surface area (Å²) in [5.41, 5.74) is 0.511. The van der Waals surface area contributed by atoms with E-state index < -0.39 is 5.97 Å². The van der Waals surface area contributed by atoms with Crippen LogP contribution in [0.2, 0.25) is 0 Å². The van der Waals surface area contributed by atoms with Crippen LogP contribution in [0.4, 0.5) is 0 Å². The molecule has 0 bridgehead atoms. The van der Waals surface area contributed by atoms with Gasteiger partial charge in [-0.2, -0.15) is 0 Å². The lowest BCUT2D eigenvalue weighted by Gasteiger charge is -2.09. The molecule has 0 aliphatic heterocycles. The number of aromatic nitrogens is 2. The summed E-state index contributed by atoms with van der Waals surface area (Å²) in [5.74, 6) is -1.05. The molecule has 1 aromatic rings. The molecule has 0 saturated carbocycles. The van der Waals surface area contributed by atoms with Crippen molar-refractivity contribution in [2.75, 3.05) is 12.9 Å². The van der Waals surface area contributed by atoms with Gasteiger partial charge in [0, 0.05) is 6.61 Å². The van der Waals surface area contributed by atoms with Crippen molar-refractivity contribution in [2.24, 2.45) is 0 Å². The maximum atomic E-state index is 11.1. The highest BCUT2D eigenvalue weighted by atomic mass is 32.2. The van der Waals surface area contributed by atoms with E-state index in [0.717, 1.165) is 12.8 Å². The lowest BCUT2D eigenvalue weighted by Crippen LogP contribution is -2.08. The van der Waals surface area contributed by atoms with E-state index in [2.05, 4.69) is 18.5 Å². The summed E-state index contributed by atoms with van der Waals surface area (Å²) in [6.07, 6.45) is 5.40. The number of rotatable bonds is 8. The van der Waals surface area contributed by atoms with Gasteiger partial charge in [0.2, 0.25) is 0 Å². The first-order valence-corrected chi connectivity index (χ1v) is 6.96. The Balaban J connectivity index is 2.92. The number of unbranched alkanes of at least 4 members (excludes halogenated alkanes) is 1. The van der Waals surface area contributed by atoms with Gasteiger partial charge < -0.3 is 9.84 Å². The minimum atomic E-state index is -1.05. The predicted octanol–water partition coefficient (Wildman–Crippen LogP) is 2.72. The molecule has 1 N–H and O–H groups in total. The van der Waals surface area contributed by atoms with Crippen LogP contribution in [0, 0.1) is 0 Å². The van der Waals surface area contributed by atoms with Crippen LogP contribution in [0.15, 0.2) is 11.7 Å². The van der Waals surface area contributed by atoms with E-state index in [1.165, 1.54) is 17.8 Å². The highest BCUT2D eigenvalue weighted by molar-refractivity contribution is 7.98. The Bertz CT molecular complexity index is 429. The van der Waals surface area contributed by atoms with E-state index in [9.17, 15) is 4.79 Å². The third kappa shape index (κ3) is 3.36. The van der Waals surface area contributed by atoms with Gasteiger partial charge in [0.25, 0.3) is 0 Å². The summed E-state index contributed by atoms with van der Waals surface area (Å²) in [6, 6.07) is 0. The lowest BCUT2D eigenvalue weighted by molar-refractivity contribution is 0.0677. The van der Waals surface area contributed by atoms with Crippen LogP contribution in [0.1, 0.15) is 35.9 Å². The summed E-state index contributed by atoms with van der Waals surface area (Å²) in [5, 5.41) is 9.69. The van der Waals surface area contributed by atoms with Gasteiger partial charge in [-0.15, -0.1) is 0 Å². The monoisotopic (exact) mass is 270 g/mol. The molecule has 0 aliphatic carbocycles. The van der Waals surface area contributed by atoms with Crippen molar-refractivity contribution in [1.82, 2.24) is 9.55 Å². The fraction of sp³-hybridized carbons (Fsp3) is 0.500. The van der Waals surface area contributed by atoms with Crippen molar-refractivity contribution >= 4 is 23.8 Å². The molecular formula is C12H18N2O3S. The average molecular weight is 270 g/mol. The molecule has 100 valence electrons. The van der Waals surface area contributed by atoms with Crippen LogP contribution in [-0.4, -0.2) is 33.5 Å². The number of aromatic carboxylic acids is 1. The Labute approximate surface area is 111 Å². The number of thioether (sulfide) groups is 1. The SMILES string of the molecule is C=Cc1c(C(=O)O)nc(SC)n1COCCCC. The standard InChI is InChI=1S/C12H18N2O3S/c1-4-6-7-17-8-14-9(5-2)10(11(15)16)13-12(14)18-3/h5H,2,4,6-8H2,1,3H3,(H,15,16). The van der Waals surface area contributed by atoms with Gasteiger partial charge in [0.05, 0.1) is 5.69 Å².